The van der Waals surface area contributed by atoms with Crippen molar-refractivity contribution in [2.45, 2.75) is 39.5 Å². The molecule has 162 valence electrons. The molecular weight excluding hydrogens is 366 g/mol. The Kier molecular flexibility index (Phi) is 9.67. The summed E-state index contributed by atoms with van der Waals surface area (Å²) in [6.45, 7) is 8.86. The zero-order chi connectivity index (χ0) is 21.1. The minimum absolute atomic E-state index is 0.0126. The lowest BCUT2D eigenvalue weighted by Gasteiger charge is -2.37. The second kappa shape index (κ2) is 12.2. The first-order valence-corrected chi connectivity index (χ1v) is 10.8. The van der Waals surface area contributed by atoms with Gasteiger partial charge in [-0.1, -0.05) is 33.1 Å². The number of guanidine groups is 1. The van der Waals surface area contributed by atoms with E-state index in [0.29, 0.717) is 5.92 Å². The van der Waals surface area contributed by atoms with Crippen molar-refractivity contribution in [2.24, 2.45) is 10.9 Å². The summed E-state index contributed by atoms with van der Waals surface area (Å²) in [6.07, 6.45) is 8.40. The van der Waals surface area contributed by atoms with E-state index in [4.69, 9.17) is 0 Å². The summed E-state index contributed by atoms with van der Waals surface area (Å²) in [5.41, 5.74) is 0. The zero-order valence-corrected chi connectivity index (χ0v) is 18.5. The van der Waals surface area contributed by atoms with Crippen molar-refractivity contribution in [2.75, 3.05) is 58.3 Å². The summed E-state index contributed by atoms with van der Waals surface area (Å²) in [5.74, 6) is 2.25. The van der Waals surface area contributed by atoms with E-state index in [1.807, 2.05) is 6.07 Å². The van der Waals surface area contributed by atoms with Gasteiger partial charge in [0.05, 0.1) is 0 Å². The van der Waals surface area contributed by atoms with Gasteiger partial charge >= 0.3 is 0 Å². The SMILES string of the molecule is CCCCC(CC)CNC(=NCC(=O)N(C)C)N1CCN(c2ncccn2)CC1. The number of aromatic nitrogens is 2. The second-order valence-corrected chi connectivity index (χ2v) is 7.75. The molecule has 0 aromatic carbocycles. The lowest BCUT2D eigenvalue weighted by atomic mass is 9.99. The van der Waals surface area contributed by atoms with Crippen molar-refractivity contribution in [1.82, 2.24) is 25.1 Å². The molecule has 8 heteroatoms. The molecule has 0 spiro atoms. The van der Waals surface area contributed by atoms with Crippen LogP contribution in [0.25, 0.3) is 0 Å². The van der Waals surface area contributed by atoms with Crippen LogP contribution in [0.4, 0.5) is 5.95 Å². The molecule has 1 aliphatic rings. The van der Waals surface area contributed by atoms with Crippen molar-refractivity contribution < 1.29 is 4.79 Å². The van der Waals surface area contributed by atoms with Gasteiger partial charge in [0.15, 0.2) is 5.96 Å². The van der Waals surface area contributed by atoms with E-state index in [2.05, 4.69) is 43.9 Å². The van der Waals surface area contributed by atoms with Gasteiger partial charge in [-0.3, -0.25) is 4.79 Å². The van der Waals surface area contributed by atoms with Crippen molar-refractivity contribution in [3.8, 4) is 0 Å². The summed E-state index contributed by atoms with van der Waals surface area (Å²) in [4.78, 5) is 31.4. The summed E-state index contributed by atoms with van der Waals surface area (Å²) in [7, 11) is 3.53. The fourth-order valence-corrected chi connectivity index (χ4v) is 3.30. The molecule has 29 heavy (non-hydrogen) atoms. The number of carbonyl (C=O) groups is 1. The van der Waals surface area contributed by atoms with Crippen LogP contribution in [0.1, 0.15) is 39.5 Å². The Labute approximate surface area is 175 Å². The third-order valence-electron chi connectivity index (χ3n) is 5.37. The molecule has 0 radical (unpaired) electrons. The average molecular weight is 404 g/mol. The highest BCUT2D eigenvalue weighted by molar-refractivity contribution is 5.85. The predicted octanol–water partition coefficient (Wildman–Crippen LogP) is 1.85. The monoisotopic (exact) mass is 403 g/mol. The summed E-state index contributed by atoms with van der Waals surface area (Å²) in [5, 5.41) is 3.55. The highest BCUT2D eigenvalue weighted by atomic mass is 16.2. The Morgan fingerprint density at radius 1 is 1.21 bits per heavy atom. The van der Waals surface area contributed by atoms with E-state index < -0.39 is 0 Å². The first-order chi connectivity index (χ1) is 14.0. The molecule has 0 bridgehead atoms. The van der Waals surface area contributed by atoms with Crippen LogP contribution in [0.15, 0.2) is 23.5 Å². The van der Waals surface area contributed by atoms with E-state index in [1.165, 1.54) is 19.3 Å². The number of carbonyl (C=O) groups excluding carboxylic acids is 1. The number of likely N-dealkylation sites (N-methyl/N-ethyl adjacent to an activating group) is 1. The van der Waals surface area contributed by atoms with Crippen LogP contribution in [0.5, 0.6) is 0 Å². The fraction of sp³-hybridized carbons (Fsp3) is 0.714. The van der Waals surface area contributed by atoms with Crippen LogP contribution in [-0.4, -0.2) is 85.0 Å². The largest absolute Gasteiger partial charge is 0.356 e. The number of piperazine rings is 1. The lowest BCUT2D eigenvalue weighted by Crippen LogP contribution is -2.53. The minimum Gasteiger partial charge on any atom is -0.356 e. The van der Waals surface area contributed by atoms with Crippen LogP contribution in [0.2, 0.25) is 0 Å². The zero-order valence-electron chi connectivity index (χ0n) is 18.5. The van der Waals surface area contributed by atoms with E-state index in [9.17, 15) is 4.79 Å². The normalized spacial score (nSPS) is 15.9. The summed E-state index contributed by atoms with van der Waals surface area (Å²) in [6, 6.07) is 1.83. The number of rotatable bonds is 9. The Morgan fingerprint density at radius 2 is 1.90 bits per heavy atom. The van der Waals surface area contributed by atoms with Gasteiger partial charge in [-0.05, 0) is 18.4 Å². The molecule has 2 rings (SSSR count). The molecule has 1 aromatic rings. The maximum absolute atomic E-state index is 12.1. The van der Waals surface area contributed by atoms with Crippen LogP contribution >= 0.6 is 0 Å². The number of amides is 1. The lowest BCUT2D eigenvalue weighted by molar-refractivity contribution is -0.127. The number of anilines is 1. The number of hydrogen-bond acceptors (Lipinski definition) is 5. The van der Waals surface area contributed by atoms with Gasteiger partial charge in [0.25, 0.3) is 0 Å². The number of aliphatic imine (C=N–C) groups is 1. The minimum atomic E-state index is 0.0126. The molecule has 1 fully saturated rings. The highest BCUT2D eigenvalue weighted by Gasteiger charge is 2.22. The van der Waals surface area contributed by atoms with Gasteiger partial charge in [0.1, 0.15) is 6.54 Å². The molecular formula is C21H37N7O. The van der Waals surface area contributed by atoms with Crippen LogP contribution < -0.4 is 10.2 Å². The summed E-state index contributed by atoms with van der Waals surface area (Å²) >= 11 is 0. The summed E-state index contributed by atoms with van der Waals surface area (Å²) < 4.78 is 0. The third-order valence-corrected chi connectivity index (χ3v) is 5.37. The van der Waals surface area contributed by atoms with Gasteiger partial charge < -0.3 is 20.0 Å². The molecule has 8 nitrogen and oxygen atoms in total. The Morgan fingerprint density at radius 3 is 2.48 bits per heavy atom. The molecule has 1 atom stereocenters. The maximum Gasteiger partial charge on any atom is 0.243 e. The number of hydrogen-bond donors (Lipinski definition) is 1. The van der Waals surface area contributed by atoms with Crippen molar-refractivity contribution in [3.63, 3.8) is 0 Å². The van der Waals surface area contributed by atoms with Crippen molar-refractivity contribution in [3.05, 3.63) is 18.5 Å². The van der Waals surface area contributed by atoms with E-state index in [-0.39, 0.29) is 12.5 Å². The predicted molar refractivity (Wildman–Crippen MR) is 118 cm³/mol. The third kappa shape index (κ3) is 7.51. The van der Waals surface area contributed by atoms with Gasteiger partial charge in [0, 0.05) is 59.2 Å². The average Bonchev–Trinajstić information content (AvgIpc) is 2.76. The van der Waals surface area contributed by atoms with E-state index in [0.717, 1.165) is 51.1 Å². The number of unbranched alkanes of at least 4 members (excludes halogenated alkanes) is 1. The first-order valence-electron chi connectivity index (χ1n) is 10.8. The Balaban J connectivity index is 1.99. The van der Waals surface area contributed by atoms with Crippen LogP contribution in [0.3, 0.4) is 0 Å². The van der Waals surface area contributed by atoms with Gasteiger partial charge in [-0.15, -0.1) is 0 Å². The topological polar surface area (TPSA) is 77.0 Å². The molecule has 1 aliphatic heterocycles. The van der Waals surface area contributed by atoms with Crippen molar-refractivity contribution >= 4 is 17.8 Å². The second-order valence-electron chi connectivity index (χ2n) is 7.75. The van der Waals surface area contributed by atoms with Gasteiger partial charge in [-0.2, -0.15) is 0 Å². The maximum atomic E-state index is 12.1. The molecule has 1 aromatic heterocycles. The molecule has 2 heterocycles. The molecule has 1 unspecified atom stereocenters. The number of nitrogens with one attached hydrogen (secondary N) is 1. The number of nitrogens with zero attached hydrogens (tertiary/aromatic N) is 6. The molecule has 1 saturated heterocycles. The Hall–Kier alpha value is -2.38. The quantitative estimate of drug-likeness (QED) is 0.501. The highest BCUT2D eigenvalue weighted by Crippen LogP contribution is 2.13. The first kappa shape index (κ1) is 22.9. The molecule has 0 aliphatic carbocycles. The van der Waals surface area contributed by atoms with E-state index in [1.54, 1.807) is 31.4 Å². The van der Waals surface area contributed by atoms with Crippen LogP contribution in [0, 0.1) is 5.92 Å². The molecule has 1 N–H and O–H groups in total. The van der Waals surface area contributed by atoms with E-state index >= 15 is 0 Å². The molecule has 0 saturated carbocycles. The Bertz CT molecular complexity index is 627. The molecule has 1 amide bonds. The standard InChI is InChI=1S/C21H37N7O/c1-5-7-9-18(6-2)16-24-21(25-17-19(29)26(3)4)28-14-12-27(13-15-28)20-22-10-8-11-23-20/h8,10-11,18H,5-7,9,12-17H2,1-4H3,(H,24,25). The van der Waals surface area contributed by atoms with Crippen molar-refractivity contribution in [1.29, 1.82) is 0 Å². The van der Waals surface area contributed by atoms with Gasteiger partial charge in [-0.25, -0.2) is 15.0 Å². The van der Waals surface area contributed by atoms with Gasteiger partial charge in [0.2, 0.25) is 11.9 Å². The van der Waals surface area contributed by atoms with Crippen LogP contribution in [-0.2, 0) is 4.79 Å². The fourth-order valence-electron chi connectivity index (χ4n) is 3.30. The smallest absolute Gasteiger partial charge is 0.243 e.